The Morgan fingerprint density at radius 2 is 1.79 bits per heavy atom. The summed E-state index contributed by atoms with van der Waals surface area (Å²) in [5, 5.41) is 2.76. The number of imidazole rings is 1. The number of ether oxygens (including phenoxy) is 1. The van der Waals surface area contributed by atoms with Crippen molar-refractivity contribution >= 4 is 17.4 Å². The first-order valence-corrected chi connectivity index (χ1v) is 10.4. The van der Waals surface area contributed by atoms with Gasteiger partial charge in [0.25, 0.3) is 5.91 Å². The summed E-state index contributed by atoms with van der Waals surface area (Å²) in [6, 6.07) is 11.0. The van der Waals surface area contributed by atoms with E-state index in [2.05, 4.69) is 15.0 Å². The van der Waals surface area contributed by atoms with Gasteiger partial charge >= 0.3 is 12.1 Å². The van der Waals surface area contributed by atoms with E-state index in [4.69, 9.17) is 0 Å². The average molecular weight is 463 g/mol. The zero-order valence-corrected chi connectivity index (χ0v) is 17.5. The van der Waals surface area contributed by atoms with E-state index in [0.29, 0.717) is 29.6 Å². The highest BCUT2D eigenvalue weighted by atomic mass is 19.4. The Morgan fingerprint density at radius 1 is 1.09 bits per heavy atom. The number of hydrogen-bond donors (Lipinski definition) is 1. The van der Waals surface area contributed by atoms with Gasteiger partial charge in [-0.1, -0.05) is 18.9 Å². The molecule has 0 bridgehead atoms. The second kappa shape index (κ2) is 8.84. The van der Waals surface area contributed by atoms with Gasteiger partial charge in [-0.3, -0.25) is 9.20 Å². The van der Waals surface area contributed by atoms with E-state index in [-0.39, 0.29) is 12.4 Å². The Hall–Kier alpha value is -3.43. The van der Waals surface area contributed by atoms with Gasteiger partial charge < -0.3 is 10.1 Å². The number of aromatic nitrogens is 2. The number of benzene rings is 1. The number of rotatable bonds is 6. The number of halogens is 4. The molecule has 0 saturated heterocycles. The first-order chi connectivity index (χ1) is 15.7. The lowest BCUT2D eigenvalue weighted by atomic mass is 9.87. The third kappa shape index (κ3) is 4.84. The van der Waals surface area contributed by atoms with Gasteiger partial charge in [0.1, 0.15) is 5.82 Å². The molecule has 2 aromatic heterocycles. The highest BCUT2D eigenvalue weighted by molar-refractivity contribution is 5.94. The average Bonchev–Trinajstić information content (AvgIpc) is 3.41. The van der Waals surface area contributed by atoms with Crippen molar-refractivity contribution in [3.63, 3.8) is 0 Å². The molecule has 0 radical (unpaired) electrons. The van der Waals surface area contributed by atoms with Crippen LogP contribution in [0, 0.1) is 11.2 Å². The predicted octanol–water partition coefficient (Wildman–Crippen LogP) is 4.54. The maximum atomic E-state index is 13.3. The van der Waals surface area contributed by atoms with E-state index in [1.54, 1.807) is 40.9 Å². The van der Waals surface area contributed by atoms with Crippen LogP contribution in [0.4, 0.5) is 17.6 Å². The highest BCUT2D eigenvalue weighted by Gasteiger charge is 2.43. The number of nitrogens with zero attached hydrogens (tertiary/aromatic N) is 2. The van der Waals surface area contributed by atoms with Gasteiger partial charge in [0.05, 0.1) is 17.8 Å². The summed E-state index contributed by atoms with van der Waals surface area (Å²) < 4.78 is 57.0. The molecule has 1 aliphatic rings. The maximum Gasteiger partial charge on any atom is 0.490 e. The summed E-state index contributed by atoms with van der Waals surface area (Å²) in [6.07, 6.45) is -0.806. The molecule has 10 heteroatoms. The number of alkyl halides is 3. The van der Waals surface area contributed by atoms with Gasteiger partial charge in [-0.05, 0) is 49.2 Å². The van der Waals surface area contributed by atoms with Gasteiger partial charge in [-0.25, -0.2) is 14.2 Å². The Balaban J connectivity index is 1.54. The quantitative estimate of drug-likeness (QED) is 0.431. The van der Waals surface area contributed by atoms with Gasteiger partial charge in [0.15, 0.2) is 0 Å². The number of pyridine rings is 1. The molecule has 1 fully saturated rings. The lowest BCUT2D eigenvalue weighted by Crippen LogP contribution is -2.41. The normalized spacial score (nSPS) is 15.5. The van der Waals surface area contributed by atoms with E-state index in [9.17, 15) is 27.2 Å². The molecule has 174 valence electrons. The first-order valence-electron chi connectivity index (χ1n) is 10.4. The smallest absolute Gasteiger partial charge is 0.458 e. The van der Waals surface area contributed by atoms with Crippen LogP contribution in [0.3, 0.4) is 0 Å². The number of carbonyl (C=O) groups excluding carboxylic acids is 2. The van der Waals surface area contributed by atoms with Crippen molar-refractivity contribution in [2.45, 2.75) is 31.9 Å². The zero-order chi connectivity index (χ0) is 23.6. The van der Waals surface area contributed by atoms with Gasteiger partial charge in [0.2, 0.25) is 5.82 Å². The lowest BCUT2D eigenvalue weighted by molar-refractivity contribution is -0.202. The molecule has 1 N–H and O–H groups in total. The van der Waals surface area contributed by atoms with Crippen molar-refractivity contribution in [3.05, 3.63) is 60.3 Å². The van der Waals surface area contributed by atoms with E-state index >= 15 is 0 Å². The third-order valence-electron chi connectivity index (χ3n) is 5.90. The van der Waals surface area contributed by atoms with Crippen LogP contribution in [0.2, 0.25) is 0 Å². The van der Waals surface area contributed by atoms with Crippen molar-refractivity contribution in [2.24, 2.45) is 5.41 Å². The van der Waals surface area contributed by atoms with Crippen LogP contribution in [-0.2, 0) is 9.53 Å². The predicted molar refractivity (Wildman–Crippen MR) is 111 cm³/mol. The van der Waals surface area contributed by atoms with Crippen LogP contribution in [0.5, 0.6) is 0 Å². The molecule has 1 aliphatic carbocycles. The fraction of sp³-hybridized carbons (Fsp3) is 0.348. The van der Waals surface area contributed by atoms with Crippen molar-refractivity contribution in [3.8, 4) is 11.3 Å². The molecule has 0 atom stereocenters. The molecule has 3 aromatic rings. The highest BCUT2D eigenvalue weighted by Crippen LogP contribution is 2.38. The van der Waals surface area contributed by atoms with Crippen LogP contribution in [-0.4, -0.2) is 40.6 Å². The zero-order valence-electron chi connectivity index (χ0n) is 17.5. The Morgan fingerprint density at radius 3 is 2.45 bits per heavy atom. The Labute approximate surface area is 186 Å². The van der Waals surface area contributed by atoms with Gasteiger partial charge in [-0.2, -0.15) is 13.2 Å². The minimum atomic E-state index is -5.06. The van der Waals surface area contributed by atoms with Gasteiger partial charge in [-0.15, -0.1) is 0 Å². The van der Waals surface area contributed by atoms with Crippen LogP contribution in [0.25, 0.3) is 16.8 Å². The minimum Gasteiger partial charge on any atom is -0.458 e. The Bertz CT molecular complexity index is 1170. The van der Waals surface area contributed by atoms with E-state index in [1.807, 2.05) is 0 Å². The second-order valence-corrected chi connectivity index (χ2v) is 8.21. The molecule has 0 spiro atoms. The molecule has 2 heterocycles. The summed E-state index contributed by atoms with van der Waals surface area (Å²) in [4.78, 5) is 28.6. The summed E-state index contributed by atoms with van der Waals surface area (Å²) >= 11 is 0. The van der Waals surface area contributed by atoms with Crippen LogP contribution in [0.1, 0.15) is 36.3 Å². The summed E-state index contributed by atoms with van der Waals surface area (Å²) in [7, 11) is 0. The fourth-order valence-corrected chi connectivity index (χ4v) is 4.16. The number of carbonyl (C=O) groups is 2. The van der Waals surface area contributed by atoms with Crippen LogP contribution in [0.15, 0.2) is 48.7 Å². The van der Waals surface area contributed by atoms with Crippen LogP contribution >= 0.6 is 0 Å². The monoisotopic (exact) mass is 463 g/mol. The Kier molecular flexibility index (Phi) is 6.09. The van der Waals surface area contributed by atoms with Crippen molar-refractivity contribution in [2.75, 3.05) is 13.2 Å². The first kappa shape index (κ1) is 22.8. The van der Waals surface area contributed by atoms with Crippen molar-refractivity contribution < 1.29 is 31.9 Å². The molecule has 1 saturated carbocycles. The SMILES string of the molecule is O=C(NCC1(COC(=O)C(F)(F)F)CCCC1)c1nc(-c2ccc(F)cc2)c2ccccn12. The van der Waals surface area contributed by atoms with Crippen molar-refractivity contribution in [1.29, 1.82) is 0 Å². The topological polar surface area (TPSA) is 72.7 Å². The maximum absolute atomic E-state index is 13.3. The molecular weight excluding hydrogens is 442 g/mol. The minimum absolute atomic E-state index is 0.0462. The number of fused-ring (bicyclic) bond motifs is 1. The fourth-order valence-electron chi connectivity index (χ4n) is 4.16. The molecule has 1 aromatic carbocycles. The summed E-state index contributed by atoms with van der Waals surface area (Å²) in [5.41, 5.74) is 1.01. The van der Waals surface area contributed by atoms with Crippen LogP contribution < -0.4 is 5.32 Å². The number of esters is 1. The molecule has 0 aliphatic heterocycles. The molecule has 0 unspecified atom stereocenters. The molecule has 6 nitrogen and oxygen atoms in total. The number of nitrogens with one attached hydrogen (secondary N) is 1. The number of hydrogen-bond acceptors (Lipinski definition) is 4. The summed E-state index contributed by atoms with van der Waals surface area (Å²) in [5.74, 6) is -3.06. The third-order valence-corrected chi connectivity index (χ3v) is 5.90. The lowest BCUT2D eigenvalue weighted by Gasteiger charge is -2.28. The summed E-state index contributed by atoms with van der Waals surface area (Å²) in [6.45, 7) is -0.376. The second-order valence-electron chi connectivity index (χ2n) is 8.21. The number of amides is 1. The van der Waals surface area contributed by atoms with Gasteiger partial charge in [0, 0.05) is 23.7 Å². The van der Waals surface area contributed by atoms with E-state index in [0.717, 1.165) is 12.8 Å². The van der Waals surface area contributed by atoms with E-state index in [1.165, 1.54) is 12.1 Å². The molecule has 33 heavy (non-hydrogen) atoms. The largest absolute Gasteiger partial charge is 0.490 e. The standard InChI is InChI=1S/C23H21F4N3O3/c24-16-8-6-15(7-9-16)18-17-5-1-4-12-30(17)19(29-18)20(31)28-13-22(10-2-3-11-22)14-33-21(32)23(25,26)27/h1,4-9,12H,2-3,10-11,13-14H2,(H,28,31). The molecule has 4 rings (SSSR count). The van der Waals surface area contributed by atoms with E-state index < -0.39 is 35.9 Å². The molecule has 1 amide bonds. The van der Waals surface area contributed by atoms with Crippen molar-refractivity contribution in [1.82, 2.24) is 14.7 Å². The molecular formula is C23H21F4N3O3.